The van der Waals surface area contributed by atoms with Gasteiger partial charge in [-0.05, 0) is 42.8 Å². The summed E-state index contributed by atoms with van der Waals surface area (Å²) in [7, 11) is 0. The van der Waals surface area contributed by atoms with Crippen LogP contribution >= 0.6 is 0 Å². The number of rotatable bonds is 5. The fourth-order valence-electron chi connectivity index (χ4n) is 1.74. The van der Waals surface area contributed by atoms with Crippen molar-refractivity contribution in [3.05, 3.63) is 54.6 Å². The number of anilines is 3. The second-order valence-corrected chi connectivity index (χ2v) is 4.45. The van der Waals surface area contributed by atoms with E-state index in [0.29, 0.717) is 6.54 Å². The van der Waals surface area contributed by atoms with E-state index in [1.54, 1.807) is 0 Å². The Hall–Kier alpha value is -2.49. The number of benzene rings is 2. The van der Waals surface area contributed by atoms with Gasteiger partial charge in [0, 0.05) is 23.6 Å². The van der Waals surface area contributed by atoms with Gasteiger partial charge >= 0.3 is 6.03 Å². The summed E-state index contributed by atoms with van der Waals surface area (Å²) in [5.41, 5.74) is 2.79. The third kappa shape index (κ3) is 4.31. The molecule has 4 nitrogen and oxygen atoms in total. The minimum Gasteiger partial charge on any atom is -0.356 e. The number of carbonyl (C=O) groups is 1. The first-order valence-electron chi connectivity index (χ1n) is 6.75. The van der Waals surface area contributed by atoms with Gasteiger partial charge in [0.25, 0.3) is 0 Å². The molecule has 0 fully saturated rings. The molecular formula is C16H19N3O. The van der Waals surface area contributed by atoms with Gasteiger partial charge in [-0.2, -0.15) is 0 Å². The van der Waals surface area contributed by atoms with Gasteiger partial charge < -0.3 is 16.0 Å². The van der Waals surface area contributed by atoms with E-state index in [4.69, 9.17) is 0 Å². The van der Waals surface area contributed by atoms with Gasteiger partial charge in [0.2, 0.25) is 0 Å². The average Bonchev–Trinajstić information content (AvgIpc) is 2.48. The number of carbonyl (C=O) groups excluding carboxylic acids is 1. The lowest BCUT2D eigenvalue weighted by atomic mass is 10.2. The van der Waals surface area contributed by atoms with Crippen LogP contribution < -0.4 is 16.0 Å². The van der Waals surface area contributed by atoms with E-state index in [2.05, 4.69) is 16.0 Å². The topological polar surface area (TPSA) is 53.2 Å². The fraction of sp³-hybridized carbons (Fsp3) is 0.188. The summed E-state index contributed by atoms with van der Waals surface area (Å²) in [6.45, 7) is 2.70. The summed E-state index contributed by atoms with van der Waals surface area (Å²) in [6, 6.07) is 17.4. The van der Waals surface area contributed by atoms with E-state index in [9.17, 15) is 4.79 Å². The van der Waals surface area contributed by atoms with E-state index < -0.39 is 0 Å². The Morgan fingerprint density at radius 2 is 1.50 bits per heavy atom. The number of nitrogens with one attached hydrogen (secondary N) is 3. The van der Waals surface area contributed by atoms with Crippen LogP contribution in [-0.4, -0.2) is 12.6 Å². The molecule has 2 amide bonds. The Kier molecular flexibility index (Phi) is 5.00. The lowest BCUT2D eigenvalue weighted by Gasteiger charge is -2.09. The highest BCUT2D eigenvalue weighted by atomic mass is 16.2. The standard InChI is InChI=1S/C16H19N3O/c1-2-12-17-16(20)19-15-10-8-14(9-11-15)18-13-6-4-3-5-7-13/h3-11,18H,2,12H2,1H3,(H2,17,19,20). The molecule has 104 valence electrons. The Morgan fingerprint density at radius 1 is 0.900 bits per heavy atom. The number of para-hydroxylation sites is 1. The molecule has 0 aliphatic rings. The van der Waals surface area contributed by atoms with Crippen molar-refractivity contribution < 1.29 is 4.79 Å². The Morgan fingerprint density at radius 3 is 2.15 bits per heavy atom. The van der Waals surface area contributed by atoms with Crippen LogP contribution in [0.25, 0.3) is 0 Å². The fourth-order valence-corrected chi connectivity index (χ4v) is 1.74. The number of hydrogen-bond acceptors (Lipinski definition) is 2. The molecule has 0 radical (unpaired) electrons. The van der Waals surface area contributed by atoms with Crippen molar-refractivity contribution in [2.45, 2.75) is 13.3 Å². The summed E-state index contributed by atoms with van der Waals surface area (Å²) in [6.07, 6.45) is 0.924. The van der Waals surface area contributed by atoms with Crippen molar-refractivity contribution in [3.8, 4) is 0 Å². The molecule has 0 aliphatic carbocycles. The van der Waals surface area contributed by atoms with Crippen LogP contribution in [0.3, 0.4) is 0 Å². The van der Waals surface area contributed by atoms with Crippen molar-refractivity contribution in [2.24, 2.45) is 0 Å². The molecule has 2 rings (SSSR count). The van der Waals surface area contributed by atoms with E-state index >= 15 is 0 Å². The zero-order valence-electron chi connectivity index (χ0n) is 11.5. The third-order valence-corrected chi connectivity index (χ3v) is 2.74. The van der Waals surface area contributed by atoms with Crippen molar-refractivity contribution in [1.29, 1.82) is 0 Å². The largest absolute Gasteiger partial charge is 0.356 e. The van der Waals surface area contributed by atoms with Crippen LogP contribution in [0.15, 0.2) is 54.6 Å². The van der Waals surface area contributed by atoms with Crippen LogP contribution in [0.2, 0.25) is 0 Å². The third-order valence-electron chi connectivity index (χ3n) is 2.74. The molecule has 0 unspecified atom stereocenters. The van der Waals surface area contributed by atoms with Gasteiger partial charge in [0.15, 0.2) is 0 Å². The molecule has 0 atom stereocenters. The minimum absolute atomic E-state index is 0.171. The van der Waals surface area contributed by atoms with Crippen LogP contribution in [0.5, 0.6) is 0 Å². The highest BCUT2D eigenvalue weighted by Crippen LogP contribution is 2.18. The number of hydrogen-bond donors (Lipinski definition) is 3. The first-order valence-corrected chi connectivity index (χ1v) is 6.75. The van der Waals surface area contributed by atoms with Crippen molar-refractivity contribution in [1.82, 2.24) is 5.32 Å². The van der Waals surface area contributed by atoms with Gasteiger partial charge in [-0.1, -0.05) is 25.1 Å². The Balaban J connectivity index is 1.91. The molecule has 2 aromatic rings. The SMILES string of the molecule is CCCNC(=O)Nc1ccc(Nc2ccccc2)cc1. The zero-order chi connectivity index (χ0) is 14.2. The maximum atomic E-state index is 11.5. The summed E-state index contributed by atoms with van der Waals surface area (Å²) < 4.78 is 0. The first kappa shape index (κ1) is 13.9. The molecule has 0 heterocycles. The molecule has 2 aromatic carbocycles. The number of urea groups is 1. The van der Waals surface area contributed by atoms with Crippen LogP contribution in [-0.2, 0) is 0 Å². The Bertz CT molecular complexity index is 537. The summed E-state index contributed by atoms with van der Waals surface area (Å²) in [4.78, 5) is 11.5. The summed E-state index contributed by atoms with van der Waals surface area (Å²) in [5.74, 6) is 0. The predicted molar refractivity (Wildman–Crippen MR) is 83.5 cm³/mol. The molecule has 0 saturated heterocycles. The van der Waals surface area contributed by atoms with E-state index in [-0.39, 0.29) is 6.03 Å². The molecule has 0 saturated carbocycles. The molecule has 3 N–H and O–H groups in total. The monoisotopic (exact) mass is 269 g/mol. The molecule has 4 heteroatoms. The highest BCUT2D eigenvalue weighted by Gasteiger charge is 2.00. The quantitative estimate of drug-likeness (QED) is 0.769. The van der Waals surface area contributed by atoms with Crippen LogP contribution in [0.1, 0.15) is 13.3 Å². The molecule has 0 aromatic heterocycles. The van der Waals surface area contributed by atoms with E-state index in [1.807, 2.05) is 61.5 Å². The second kappa shape index (κ2) is 7.19. The minimum atomic E-state index is -0.171. The molecule has 0 aliphatic heterocycles. The van der Waals surface area contributed by atoms with E-state index in [0.717, 1.165) is 23.5 Å². The molecule has 20 heavy (non-hydrogen) atoms. The average molecular weight is 269 g/mol. The smallest absolute Gasteiger partial charge is 0.319 e. The molecule has 0 bridgehead atoms. The van der Waals surface area contributed by atoms with Crippen molar-refractivity contribution in [3.63, 3.8) is 0 Å². The second-order valence-electron chi connectivity index (χ2n) is 4.45. The van der Waals surface area contributed by atoms with Crippen LogP contribution in [0, 0.1) is 0 Å². The first-order chi connectivity index (χ1) is 9.78. The van der Waals surface area contributed by atoms with E-state index in [1.165, 1.54) is 0 Å². The summed E-state index contributed by atoms with van der Waals surface area (Å²) >= 11 is 0. The van der Waals surface area contributed by atoms with Gasteiger partial charge in [0.1, 0.15) is 0 Å². The van der Waals surface area contributed by atoms with Gasteiger partial charge in [-0.3, -0.25) is 0 Å². The molecular weight excluding hydrogens is 250 g/mol. The van der Waals surface area contributed by atoms with Crippen LogP contribution in [0.4, 0.5) is 21.9 Å². The normalized spacial score (nSPS) is 9.85. The van der Waals surface area contributed by atoms with Crippen molar-refractivity contribution in [2.75, 3.05) is 17.2 Å². The zero-order valence-corrected chi connectivity index (χ0v) is 11.5. The highest BCUT2D eigenvalue weighted by molar-refractivity contribution is 5.89. The maximum absolute atomic E-state index is 11.5. The predicted octanol–water partition coefficient (Wildman–Crippen LogP) is 3.96. The van der Waals surface area contributed by atoms with Gasteiger partial charge in [-0.15, -0.1) is 0 Å². The maximum Gasteiger partial charge on any atom is 0.319 e. The lowest BCUT2D eigenvalue weighted by Crippen LogP contribution is -2.29. The van der Waals surface area contributed by atoms with Gasteiger partial charge in [-0.25, -0.2) is 4.79 Å². The molecule has 0 spiro atoms. The Labute approximate surface area is 119 Å². The lowest BCUT2D eigenvalue weighted by molar-refractivity contribution is 0.252. The summed E-state index contributed by atoms with van der Waals surface area (Å²) in [5, 5.41) is 8.85. The van der Waals surface area contributed by atoms with Gasteiger partial charge in [0.05, 0.1) is 0 Å². The van der Waals surface area contributed by atoms with Crippen molar-refractivity contribution >= 4 is 23.1 Å². The number of amides is 2.